The van der Waals surface area contributed by atoms with Crippen molar-refractivity contribution in [1.82, 2.24) is 9.55 Å². The van der Waals surface area contributed by atoms with Gasteiger partial charge in [0.2, 0.25) is 0 Å². The number of nitro groups is 1. The number of aromatic nitrogens is 2. The van der Waals surface area contributed by atoms with Gasteiger partial charge in [0, 0.05) is 34.8 Å². The number of para-hydroxylation sites is 1. The summed E-state index contributed by atoms with van der Waals surface area (Å²) in [6, 6.07) is 16.9. The van der Waals surface area contributed by atoms with Crippen LogP contribution in [0.4, 0.5) is 5.69 Å². The maximum atomic E-state index is 12.4. The van der Waals surface area contributed by atoms with Crippen LogP contribution in [0.2, 0.25) is 0 Å². The van der Waals surface area contributed by atoms with Crippen LogP contribution in [0.1, 0.15) is 0 Å². The van der Waals surface area contributed by atoms with Gasteiger partial charge in [0.1, 0.15) is 0 Å². The Kier molecular flexibility index (Phi) is 2.77. The SMILES string of the molecule is O=c1ccc2[nH]c3ccccc3c2n1-c1ccc([N+](=O)[O-])cc1. The highest BCUT2D eigenvalue weighted by Crippen LogP contribution is 2.26. The van der Waals surface area contributed by atoms with Gasteiger partial charge in [0.25, 0.3) is 11.2 Å². The van der Waals surface area contributed by atoms with Crippen molar-refractivity contribution in [1.29, 1.82) is 0 Å². The number of benzene rings is 2. The third-order valence-electron chi connectivity index (χ3n) is 3.86. The van der Waals surface area contributed by atoms with Crippen molar-refractivity contribution in [2.24, 2.45) is 0 Å². The van der Waals surface area contributed by atoms with Gasteiger partial charge in [0.05, 0.1) is 16.0 Å². The van der Waals surface area contributed by atoms with Crippen molar-refractivity contribution in [2.45, 2.75) is 0 Å². The van der Waals surface area contributed by atoms with Gasteiger partial charge in [-0.1, -0.05) is 18.2 Å². The summed E-state index contributed by atoms with van der Waals surface area (Å²) in [7, 11) is 0. The molecule has 0 amide bonds. The second-order valence-corrected chi connectivity index (χ2v) is 5.21. The number of nitrogens with zero attached hydrogens (tertiary/aromatic N) is 2. The first-order chi connectivity index (χ1) is 11.1. The molecule has 0 atom stereocenters. The van der Waals surface area contributed by atoms with Gasteiger partial charge in [-0.25, -0.2) is 0 Å². The van der Waals surface area contributed by atoms with E-state index in [1.54, 1.807) is 22.8 Å². The molecule has 2 aromatic heterocycles. The van der Waals surface area contributed by atoms with Crippen LogP contribution >= 0.6 is 0 Å². The van der Waals surface area contributed by atoms with Crippen molar-refractivity contribution >= 4 is 27.6 Å². The first kappa shape index (κ1) is 13.3. The molecule has 0 aliphatic heterocycles. The van der Waals surface area contributed by atoms with Gasteiger partial charge in [0.15, 0.2) is 0 Å². The molecule has 112 valence electrons. The minimum absolute atomic E-state index is 0.00657. The summed E-state index contributed by atoms with van der Waals surface area (Å²) in [6.45, 7) is 0. The maximum absolute atomic E-state index is 12.4. The molecule has 0 radical (unpaired) electrons. The first-order valence-corrected chi connectivity index (χ1v) is 7.02. The predicted octanol–water partition coefficient (Wildman–Crippen LogP) is 3.38. The molecule has 0 saturated carbocycles. The number of hydrogen-bond acceptors (Lipinski definition) is 3. The minimum atomic E-state index is -0.459. The van der Waals surface area contributed by atoms with Gasteiger partial charge < -0.3 is 4.98 Å². The minimum Gasteiger partial charge on any atom is -0.353 e. The van der Waals surface area contributed by atoms with Gasteiger partial charge in [-0.05, 0) is 24.3 Å². The molecule has 0 spiro atoms. The van der Waals surface area contributed by atoms with Crippen molar-refractivity contribution in [3.05, 3.63) is 81.1 Å². The highest BCUT2D eigenvalue weighted by atomic mass is 16.6. The van der Waals surface area contributed by atoms with E-state index in [0.29, 0.717) is 5.69 Å². The van der Waals surface area contributed by atoms with Gasteiger partial charge in [-0.2, -0.15) is 0 Å². The van der Waals surface area contributed by atoms with Crippen LogP contribution < -0.4 is 5.56 Å². The van der Waals surface area contributed by atoms with Gasteiger partial charge in [-0.15, -0.1) is 0 Å². The molecule has 4 rings (SSSR count). The van der Waals surface area contributed by atoms with E-state index >= 15 is 0 Å². The number of non-ortho nitro benzene ring substituents is 1. The summed E-state index contributed by atoms with van der Waals surface area (Å²) in [6.07, 6.45) is 0. The normalized spacial score (nSPS) is 11.1. The third kappa shape index (κ3) is 2.00. The highest BCUT2D eigenvalue weighted by molar-refractivity contribution is 6.05. The monoisotopic (exact) mass is 305 g/mol. The molecule has 0 fully saturated rings. The zero-order chi connectivity index (χ0) is 16.0. The molecule has 0 saturated heterocycles. The molecule has 2 heterocycles. The fraction of sp³-hybridized carbons (Fsp3) is 0. The van der Waals surface area contributed by atoms with Gasteiger partial charge in [-0.3, -0.25) is 19.5 Å². The second kappa shape index (κ2) is 4.81. The molecule has 0 aliphatic rings. The van der Waals surface area contributed by atoms with Crippen LogP contribution in [0.15, 0.2) is 65.5 Å². The van der Waals surface area contributed by atoms with Crippen LogP contribution in [0.5, 0.6) is 0 Å². The number of aromatic amines is 1. The van der Waals surface area contributed by atoms with Crippen LogP contribution in [0.3, 0.4) is 0 Å². The summed E-state index contributed by atoms with van der Waals surface area (Å²) in [4.78, 5) is 26.0. The average molecular weight is 305 g/mol. The standard InChI is InChI=1S/C17H11N3O3/c21-16-10-9-15-17(13-3-1-2-4-14(13)18-15)19(16)11-5-7-12(8-6-11)20(22)23/h1-10,18H. The van der Waals surface area contributed by atoms with Crippen molar-refractivity contribution in [2.75, 3.05) is 0 Å². The number of nitro benzene ring substituents is 1. The van der Waals surface area contributed by atoms with E-state index in [0.717, 1.165) is 21.9 Å². The van der Waals surface area contributed by atoms with E-state index in [-0.39, 0.29) is 11.2 Å². The Morgan fingerprint density at radius 3 is 2.39 bits per heavy atom. The molecular weight excluding hydrogens is 294 g/mol. The molecule has 1 N–H and O–H groups in total. The van der Waals surface area contributed by atoms with Crippen molar-refractivity contribution in [3.63, 3.8) is 0 Å². The molecule has 6 heteroatoms. The predicted molar refractivity (Wildman–Crippen MR) is 88.1 cm³/mol. The Labute approximate surface area is 129 Å². The first-order valence-electron chi connectivity index (χ1n) is 7.02. The highest BCUT2D eigenvalue weighted by Gasteiger charge is 2.12. The lowest BCUT2D eigenvalue weighted by atomic mass is 10.2. The zero-order valence-electron chi connectivity index (χ0n) is 11.9. The summed E-state index contributed by atoms with van der Waals surface area (Å²) in [5, 5.41) is 11.7. The van der Waals surface area contributed by atoms with Gasteiger partial charge >= 0.3 is 0 Å². The summed E-state index contributed by atoms with van der Waals surface area (Å²) in [5.74, 6) is 0. The van der Waals surface area contributed by atoms with Crippen LogP contribution in [0.25, 0.3) is 27.6 Å². The van der Waals surface area contributed by atoms with E-state index in [2.05, 4.69) is 4.98 Å². The topological polar surface area (TPSA) is 80.9 Å². The van der Waals surface area contributed by atoms with Crippen LogP contribution in [0, 0.1) is 10.1 Å². The Hall–Kier alpha value is -3.41. The fourth-order valence-electron chi connectivity index (χ4n) is 2.83. The van der Waals surface area contributed by atoms with Crippen LogP contribution in [-0.2, 0) is 0 Å². The average Bonchev–Trinajstić information content (AvgIpc) is 2.94. The number of nitrogens with one attached hydrogen (secondary N) is 1. The fourth-order valence-corrected chi connectivity index (χ4v) is 2.83. The zero-order valence-corrected chi connectivity index (χ0v) is 11.9. The molecule has 23 heavy (non-hydrogen) atoms. The molecule has 6 nitrogen and oxygen atoms in total. The Morgan fingerprint density at radius 2 is 1.65 bits per heavy atom. The summed E-state index contributed by atoms with van der Waals surface area (Å²) in [5.41, 5.74) is 2.94. The smallest absolute Gasteiger partial charge is 0.269 e. The largest absolute Gasteiger partial charge is 0.353 e. The summed E-state index contributed by atoms with van der Waals surface area (Å²) < 4.78 is 1.57. The molecular formula is C17H11N3O3. The van der Waals surface area contributed by atoms with E-state index in [9.17, 15) is 14.9 Å². The maximum Gasteiger partial charge on any atom is 0.269 e. The Balaban J connectivity index is 2.07. The van der Waals surface area contributed by atoms with E-state index in [1.807, 2.05) is 24.3 Å². The number of fused-ring (bicyclic) bond motifs is 3. The van der Waals surface area contributed by atoms with Crippen molar-refractivity contribution in [3.8, 4) is 5.69 Å². The van der Waals surface area contributed by atoms with Crippen molar-refractivity contribution < 1.29 is 4.92 Å². The lowest BCUT2D eigenvalue weighted by Crippen LogP contribution is -2.16. The molecule has 4 aromatic rings. The molecule has 0 bridgehead atoms. The Bertz CT molecular complexity index is 1110. The summed E-state index contributed by atoms with van der Waals surface area (Å²) >= 11 is 0. The lowest BCUT2D eigenvalue weighted by molar-refractivity contribution is -0.384. The van der Waals surface area contributed by atoms with Crippen LogP contribution in [-0.4, -0.2) is 14.5 Å². The van der Waals surface area contributed by atoms with E-state index in [1.165, 1.54) is 18.2 Å². The van der Waals surface area contributed by atoms with E-state index < -0.39 is 4.92 Å². The third-order valence-corrected chi connectivity index (χ3v) is 3.86. The number of H-pyrrole nitrogens is 1. The number of rotatable bonds is 2. The Morgan fingerprint density at radius 1 is 0.913 bits per heavy atom. The second-order valence-electron chi connectivity index (χ2n) is 5.21. The number of hydrogen-bond donors (Lipinski definition) is 1. The quantitative estimate of drug-likeness (QED) is 0.455. The van der Waals surface area contributed by atoms with E-state index in [4.69, 9.17) is 0 Å². The molecule has 0 aliphatic carbocycles. The lowest BCUT2D eigenvalue weighted by Gasteiger charge is -2.08. The molecule has 2 aromatic carbocycles. The molecule has 0 unspecified atom stereocenters. The number of pyridine rings is 1.